The first-order valence-corrected chi connectivity index (χ1v) is 7.32. The van der Waals surface area contributed by atoms with Gasteiger partial charge in [-0.2, -0.15) is 0 Å². The number of nitrogens with two attached hydrogens (primary N) is 1. The Morgan fingerprint density at radius 1 is 1.17 bits per heavy atom. The van der Waals surface area contributed by atoms with Crippen molar-refractivity contribution in [3.05, 3.63) is 0 Å². The Labute approximate surface area is 111 Å². The summed E-state index contributed by atoms with van der Waals surface area (Å²) in [4.78, 5) is 2.23. The van der Waals surface area contributed by atoms with E-state index in [0.717, 1.165) is 32.8 Å². The third kappa shape index (κ3) is 2.57. The normalized spacial score (nSPS) is 31.3. The molecule has 1 saturated carbocycles. The first kappa shape index (κ1) is 14.3. The lowest BCUT2D eigenvalue weighted by atomic mass is 9.66. The third-order valence-electron chi connectivity index (χ3n) is 5.09. The third-order valence-corrected chi connectivity index (χ3v) is 5.09. The molecule has 106 valence electrons. The van der Waals surface area contributed by atoms with Crippen LogP contribution >= 0.6 is 0 Å². The van der Waals surface area contributed by atoms with E-state index in [0.29, 0.717) is 5.41 Å². The van der Waals surface area contributed by atoms with E-state index in [1.54, 1.807) is 0 Å². The maximum absolute atomic E-state index is 6.17. The monoisotopic (exact) mass is 255 g/mol. The van der Waals surface area contributed by atoms with Crippen molar-refractivity contribution < 1.29 is 4.74 Å². The summed E-state index contributed by atoms with van der Waals surface area (Å²) in [6.07, 6.45) is 6.23. The molecule has 18 heavy (non-hydrogen) atoms. The van der Waals surface area contributed by atoms with Crippen molar-refractivity contribution in [1.29, 1.82) is 0 Å². The highest BCUT2D eigenvalue weighted by Crippen LogP contribution is 2.52. The summed E-state index contributed by atoms with van der Waals surface area (Å²) in [5, 5.41) is 3.81. The van der Waals surface area contributed by atoms with Crippen LogP contribution in [0.1, 0.15) is 32.1 Å². The zero-order valence-corrected chi connectivity index (χ0v) is 12.0. The van der Waals surface area contributed by atoms with Gasteiger partial charge in [-0.15, -0.1) is 0 Å². The van der Waals surface area contributed by atoms with Crippen LogP contribution in [0.4, 0.5) is 0 Å². The van der Waals surface area contributed by atoms with Crippen molar-refractivity contribution >= 4 is 0 Å². The quantitative estimate of drug-likeness (QED) is 0.763. The SMILES string of the molecule is CN(C)CCNC1(CN)CCCC12CCOCC2. The van der Waals surface area contributed by atoms with Crippen molar-refractivity contribution in [2.24, 2.45) is 11.1 Å². The Bertz CT molecular complexity index is 264. The van der Waals surface area contributed by atoms with E-state index in [1.807, 2.05) is 0 Å². The molecule has 0 aromatic heterocycles. The highest BCUT2D eigenvalue weighted by molar-refractivity contribution is 5.10. The van der Waals surface area contributed by atoms with Crippen LogP contribution in [0.25, 0.3) is 0 Å². The fraction of sp³-hybridized carbons (Fsp3) is 1.00. The molecule has 1 atom stereocenters. The number of ether oxygens (including phenoxy) is 1. The van der Waals surface area contributed by atoms with Gasteiger partial charge in [-0.05, 0) is 45.2 Å². The fourth-order valence-corrected chi connectivity index (χ4v) is 3.91. The van der Waals surface area contributed by atoms with Gasteiger partial charge in [0.1, 0.15) is 0 Å². The van der Waals surface area contributed by atoms with E-state index in [9.17, 15) is 0 Å². The molecule has 1 heterocycles. The average Bonchev–Trinajstić information content (AvgIpc) is 2.69. The van der Waals surface area contributed by atoms with Crippen molar-refractivity contribution in [2.45, 2.75) is 37.6 Å². The Morgan fingerprint density at radius 2 is 1.89 bits per heavy atom. The molecule has 0 aromatic carbocycles. The number of hydrogen-bond acceptors (Lipinski definition) is 4. The molecule has 0 bridgehead atoms. The Morgan fingerprint density at radius 3 is 2.50 bits per heavy atom. The largest absolute Gasteiger partial charge is 0.381 e. The number of hydrogen-bond donors (Lipinski definition) is 2. The van der Waals surface area contributed by atoms with Gasteiger partial charge in [0.2, 0.25) is 0 Å². The molecule has 4 nitrogen and oxygen atoms in total. The lowest BCUT2D eigenvalue weighted by molar-refractivity contribution is -0.0253. The lowest BCUT2D eigenvalue weighted by Gasteiger charge is -2.48. The molecule has 1 aliphatic heterocycles. The molecule has 2 rings (SSSR count). The van der Waals surface area contributed by atoms with Crippen molar-refractivity contribution in [1.82, 2.24) is 10.2 Å². The van der Waals surface area contributed by atoms with E-state index in [4.69, 9.17) is 10.5 Å². The van der Waals surface area contributed by atoms with Gasteiger partial charge in [0.25, 0.3) is 0 Å². The fourth-order valence-electron chi connectivity index (χ4n) is 3.91. The molecule has 4 heteroatoms. The minimum atomic E-state index is 0.160. The smallest absolute Gasteiger partial charge is 0.0472 e. The number of nitrogens with one attached hydrogen (secondary N) is 1. The predicted molar refractivity (Wildman–Crippen MR) is 74.7 cm³/mol. The van der Waals surface area contributed by atoms with Gasteiger partial charge in [0.15, 0.2) is 0 Å². The van der Waals surface area contributed by atoms with Crippen LogP contribution in [-0.4, -0.2) is 57.4 Å². The second kappa shape index (κ2) is 5.87. The second-order valence-corrected chi connectivity index (χ2v) is 6.26. The van der Waals surface area contributed by atoms with Crippen LogP contribution in [-0.2, 0) is 4.74 Å². The van der Waals surface area contributed by atoms with Crippen molar-refractivity contribution in [2.75, 3.05) is 46.9 Å². The number of likely N-dealkylation sites (N-methyl/N-ethyl adjacent to an activating group) is 1. The molecule has 2 fully saturated rings. The van der Waals surface area contributed by atoms with Crippen LogP contribution in [0.2, 0.25) is 0 Å². The summed E-state index contributed by atoms with van der Waals surface area (Å²) >= 11 is 0. The summed E-state index contributed by atoms with van der Waals surface area (Å²) in [5.74, 6) is 0. The molecule has 0 aromatic rings. The standard InChI is InChI=1S/C14H29N3O/c1-17(2)9-8-16-14(12-15)5-3-4-13(14)6-10-18-11-7-13/h16H,3-12,15H2,1-2H3. The second-order valence-electron chi connectivity index (χ2n) is 6.26. The first-order valence-electron chi connectivity index (χ1n) is 7.32. The predicted octanol–water partition coefficient (Wildman–Crippen LogP) is 0.816. The van der Waals surface area contributed by atoms with E-state index >= 15 is 0 Å². The lowest BCUT2D eigenvalue weighted by Crippen LogP contribution is -2.62. The van der Waals surface area contributed by atoms with E-state index in [1.165, 1.54) is 32.1 Å². The van der Waals surface area contributed by atoms with Gasteiger partial charge in [0, 0.05) is 38.4 Å². The Hall–Kier alpha value is -0.160. The molecular weight excluding hydrogens is 226 g/mol. The maximum Gasteiger partial charge on any atom is 0.0472 e. The average molecular weight is 255 g/mol. The summed E-state index contributed by atoms with van der Waals surface area (Å²) in [5.41, 5.74) is 6.73. The number of rotatable bonds is 5. The van der Waals surface area contributed by atoms with Crippen LogP contribution in [0.3, 0.4) is 0 Å². The van der Waals surface area contributed by atoms with Gasteiger partial charge < -0.3 is 20.7 Å². The molecule has 1 spiro atoms. The van der Waals surface area contributed by atoms with Crippen molar-refractivity contribution in [3.8, 4) is 0 Å². The Balaban J connectivity index is 2.03. The molecule has 2 aliphatic rings. The van der Waals surface area contributed by atoms with Crippen LogP contribution in [0, 0.1) is 5.41 Å². The molecule has 0 radical (unpaired) electrons. The first-order chi connectivity index (χ1) is 8.64. The van der Waals surface area contributed by atoms with Crippen LogP contribution < -0.4 is 11.1 Å². The molecule has 0 amide bonds. The van der Waals surface area contributed by atoms with Gasteiger partial charge >= 0.3 is 0 Å². The summed E-state index contributed by atoms with van der Waals surface area (Å²) in [7, 11) is 4.24. The number of nitrogens with zero attached hydrogens (tertiary/aromatic N) is 1. The van der Waals surface area contributed by atoms with Gasteiger partial charge in [-0.3, -0.25) is 0 Å². The summed E-state index contributed by atoms with van der Waals surface area (Å²) in [6.45, 7) is 4.70. The molecule has 1 aliphatic carbocycles. The molecule has 1 saturated heterocycles. The van der Waals surface area contributed by atoms with Crippen LogP contribution in [0.15, 0.2) is 0 Å². The zero-order chi connectivity index (χ0) is 13.1. The molecule has 3 N–H and O–H groups in total. The molecular formula is C14H29N3O. The van der Waals surface area contributed by atoms with E-state index in [-0.39, 0.29) is 5.54 Å². The summed E-state index contributed by atoms with van der Waals surface area (Å²) in [6, 6.07) is 0. The zero-order valence-electron chi connectivity index (χ0n) is 12.0. The van der Waals surface area contributed by atoms with Crippen molar-refractivity contribution in [3.63, 3.8) is 0 Å². The highest BCUT2D eigenvalue weighted by atomic mass is 16.5. The summed E-state index contributed by atoms with van der Waals surface area (Å²) < 4.78 is 5.56. The minimum absolute atomic E-state index is 0.160. The minimum Gasteiger partial charge on any atom is -0.381 e. The van der Waals surface area contributed by atoms with Gasteiger partial charge in [-0.1, -0.05) is 6.42 Å². The van der Waals surface area contributed by atoms with Crippen LogP contribution in [0.5, 0.6) is 0 Å². The highest BCUT2D eigenvalue weighted by Gasteiger charge is 2.53. The maximum atomic E-state index is 6.17. The topological polar surface area (TPSA) is 50.5 Å². The van der Waals surface area contributed by atoms with Gasteiger partial charge in [-0.25, -0.2) is 0 Å². The Kier molecular flexibility index (Phi) is 4.64. The van der Waals surface area contributed by atoms with Gasteiger partial charge in [0.05, 0.1) is 0 Å². The van der Waals surface area contributed by atoms with E-state index in [2.05, 4.69) is 24.3 Å². The van der Waals surface area contributed by atoms with E-state index < -0.39 is 0 Å². The molecule has 1 unspecified atom stereocenters.